The van der Waals surface area contributed by atoms with Crippen LogP contribution in [-0.2, 0) is 4.79 Å². The molecule has 1 aliphatic rings. The van der Waals surface area contributed by atoms with Crippen molar-refractivity contribution in [2.75, 3.05) is 26.2 Å². The molecule has 1 aromatic rings. The molecular formula is C15H20N2O2. The van der Waals surface area contributed by atoms with Crippen molar-refractivity contribution in [2.24, 2.45) is 0 Å². The molecule has 0 aliphatic carbocycles. The van der Waals surface area contributed by atoms with Crippen LogP contribution in [0.4, 0.5) is 0 Å². The first-order chi connectivity index (χ1) is 9.20. The summed E-state index contributed by atoms with van der Waals surface area (Å²) in [6, 6.07) is 7.82. The Morgan fingerprint density at radius 2 is 2.21 bits per heavy atom. The van der Waals surface area contributed by atoms with E-state index in [0.29, 0.717) is 5.75 Å². The van der Waals surface area contributed by atoms with Gasteiger partial charge in [0.1, 0.15) is 5.75 Å². The monoisotopic (exact) mass is 260 g/mol. The number of hydrogen-bond acceptors (Lipinski definition) is 4. The van der Waals surface area contributed by atoms with E-state index in [1.54, 1.807) is 6.07 Å². The van der Waals surface area contributed by atoms with Crippen LogP contribution in [0.25, 0.3) is 0 Å². The minimum absolute atomic E-state index is 0.164. The molecule has 0 unspecified atom stereocenters. The van der Waals surface area contributed by atoms with Gasteiger partial charge in [0.15, 0.2) is 0 Å². The second-order valence-electron chi connectivity index (χ2n) is 4.63. The molecule has 1 fully saturated rings. The summed E-state index contributed by atoms with van der Waals surface area (Å²) >= 11 is 0. The van der Waals surface area contributed by atoms with E-state index in [4.69, 9.17) is 4.74 Å². The molecule has 102 valence electrons. The van der Waals surface area contributed by atoms with Gasteiger partial charge in [-0.2, -0.15) is 0 Å². The van der Waals surface area contributed by atoms with Crippen LogP contribution in [0.5, 0.6) is 5.75 Å². The minimum atomic E-state index is -0.297. The molecule has 0 bridgehead atoms. The second kappa shape index (κ2) is 6.50. The fraction of sp³-hybridized carbons (Fsp3) is 0.400. The fourth-order valence-electron chi connectivity index (χ4n) is 2.38. The SMILES string of the molecule is C=C[C@H](c1cccc(OC(C)=O)c1)N1CCNCC1. The van der Waals surface area contributed by atoms with Crippen LogP contribution in [-0.4, -0.2) is 37.0 Å². The topological polar surface area (TPSA) is 41.6 Å². The summed E-state index contributed by atoms with van der Waals surface area (Å²) in [5, 5.41) is 3.34. The lowest BCUT2D eigenvalue weighted by Crippen LogP contribution is -2.44. The van der Waals surface area contributed by atoms with Gasteiger partial charge in [0.25, 0.3) is 0 Å². The molecule has 4 heteroatoms. The molecule has 1 aromatic carbocycles. The molecule has 2 rings (SSSR count). The number of hydrogen-bond donors (Lipinski definition) is 1. The van der Waals surface area contributed by atoms with Crippen LogP contribution in [0.3, 0.4) is 0 Å². The third-order valence-electron chi connectivity index (χ3n) is 3.23. The van der Waals surface area contributed by atoms with E-state index in [9.17, 15) is 4.79 Å². The van der Waals surface area contributed by atoms with Crippen LogP contribution in [0.15, 0.2) is 36.9 Å². The first-order valence-corrected chi connectivity index (χ1v) is 6.56. The highest BCUT2D eigenvalue weighted by atomic mass is 16.5. The van der Waals surface area contributed by atoms with Gasteiger partial charge in [0.05, 0.1) is 6.04 Å². The predicted molar refractivity (Wildman–Crippen MR) is 75.1 cm³/mol. The Kier molecular flexibility index (Phi) is 4.71. The second-order valence-corrected chi connectivity index (χ2v) is 4.63. The number of nitrogens with zero attached hydrogens (tertiary/aromatic N) is 1. The van der Waals surface area contributed by atoms with Crippen molar-refractivity contribution in [3.8, 4) is 5.75 Å². The average Bonchev–Trinajstić information content (AvgIpc) is 2.40. The highest BCUT2D eigenvalue weighted by Crippen LogP contribution is 2.25. The lowest BCUT2D eigenvalue weighted by molar-refractivity contribution is -0.131. The molecule has 19 heavy (non-hydrogen) atoms. The fourth-order valence-corrected chi connectivity index (χ4v) is 2.38. The minimum Gasteiger partial charge on any atom is -0.427 e. The standard InChI is InChI=1S/C15H20N2O2/c1-3-15(17-9-7-16-8-10-17)13-5-4-6-14(11-13)19-12(2)18/h3-6,11,15-16H,1,7-10H2,2H3/t15-/m1/s1. The summed E-state index contributed by atoms with van der Waals surface area (Å²) in [7, 11) is 0. The Hall–Kier alpha value is -1.65. The maximum Gasteiger partial charge on any atom is 0.308 e. The normalized spacial score (nSPS) is 17.7. The van der Waals surface area contributed by atoms with Crippen molar-refractivity contribution in [3.05, 3.63) is 42.5 Å². The smallest absolute Gasteiger partial charge is 0.308 e. The van der Waals surface area contributed by atoms with Crippen molar-refractivity contribution in [1.82, 2.24) is 10.2 Å². The van der Waals surface area contributed by atoms with Crippen LogP contribution in [0.1, 0.15) is 18.5 Å². The van der Waals surface area contributed by atoms with Crippen LogP contribution >= 0.6 is 0 Å². The summed E-state index contributed by atoms with van der Waals surface area (Å²) in [5.41, 5.74) is 1.11. The molecule has 0 aromatic heterocycles. The molecule has 1 saturated heterocycles. The largest absolute Gasteiger partial charge is 0.427 e. The molecule has 0 spiro atoms. The van der Waals surface area contributed by atoms with E-state index >= 15 is 0 Å². The number of esters is 1. The number of carbonyl (C=O) groups excluding carboxylic acids is 1. The molecule has 1 N–H and O–H groups in total. The summed E-state index contributed by atoms with van der Waals surface area (Å²) in [6.07, 6.45) is 1.94. The zero-order valence-electron chi connectivity index (χ0n) is 11.3. The Morgan fingerprint density at radius 3 is 2.84 bits per heavy atom. The van der Waals surface area contributed by atoms with E-state index in [-0.39, 0.29) is 12.0 Å². The molecular weight excluding hydrogens is 240 g/mol. The average molecular weight is 260 g/mol. The molecule has 1 aliphatic heterocycles. The van der Waals surface area contributed by atoms with Gasteiger partial charge in [-0.15, -0.1) is 6.58 Å². The number of ether oxygens (including phenoxy) is 1. The highest BCUT2D eigenvalue weighted by Gasteiger charge is 2.19. The van der Waals surface area contributed by atoms with E-state index in [1.165, 1.54) is 6.92 Å². The number of rotatable bonds is 4. The van der Waals surface area contributed by atoms with Crippen LogP contribution in [0, 0.1) is 0 Å². The maximum atomic E-state index is 11.0. The summed E-state index contributed by atoms with van der Waals surface area (Å²) in [4.78, 5) is 13.4. The van der Waals surface area contributed by atoms with Gasteiger partial charge in [-0.1, -0.05) is 18.2 Å². The number of piperazine rings is 1. The maximum absolute atomic E-state index is 11.0. The first-order valence-electron chi connectivity index (χ1n) is 6.56. The van der Waals surface area contributed by atoms with E-state index in [2.05, 4.69) is 16.8 Å². The lowest BCUT2D eigenvalue weighted by Gasteiger charge is -2.33. The third-order valence-corrected chi connectivity index (χ3v) is 3.23. The number of nitrogens with one attached hydrogen (secondary N) is 1. The van der Waals surface area contributed by atoms with E-state index in [0.717, 1.165) is 31.7 Å². The highest BCUT2D eigenvalue weighted by molar-refractivity contribution is 5.69. The van der Waals surface area contributed by atoms with Gasteiger partial charge >= 0.3 is 5.97 Å². The Labute approximate surface area is 114 Å². The third kappa shape index (κ3) is 3.66. The van der Waals surface area contributed by atoms with Gasteiger partial charge in [0.2, 0.25) is 0 Å². The van der Waals surface area contributed by atoms with Crippen molar-refractivity contribution < 1.29 is 9.53 Å². The van der Waals surface area contributed by atoms with Gasteiger partial charge in [-0.05, 0) is 17.7 Å². The zero-order valence-corrected chi connectivity index (χ0v) is 11.3. The molecule has 1 heterocycles. The molecule has 4 nitrogen and oxygen atoms in total. The van der Waals surface area contributed by atoms with Crippen molar-refractivity contribution >= 4 is 5.97 Å². The van der Waals surface area contributed by atoms with Gasteiger partial charge in [0, 0.05) is 33.1 Å². The Bertz CT molecular complexity index is 453. The van der Waals surface area contributed by atoms with E-state index in [1.807, 2.05) is 24.3 Å². The van der Waals surface area contributed by atoms with Crippen LogP contribution < -0.4 is 10.1 Å². The van der Waals surface area contributed by atoms with Gasteiger partial charge in [-0.3, -0.25) is 9.69 Å². The summed E-state index contributed by atoms with van der Waals surface area (Å²) in [6.45, 7) is 9.32. The summed E-state index contributed by atoms with van der Waals surface area (Å²) < 4.78 is 5.13. The van der Waals surface area contributed by atoms with Crippen molar-refractivity contribution in [1.29, 1.82) is 0 Å². The number of carbonyl (C=O) groups is 1. The van der Waals surface area contributed by atoms with Crippen molar-refractivity contribution in [2.45, 2.75) is 13.0 Å². The number of benzene rings is 1. The Balaban J connectivity index is 2.17. The summed E-state index contributed by atoms with van der Waals surface area (Å²) in [5.74, 6) is 0.293. The van der Waals surface area contributed by atoms with Crippen LogP contribution in [0.2, 0.25) is 0 Å². The molecule has 0 radical (unpaired) electrons. The van der Waals surface area contributed by atoms with Crippen molar-refractivity contribution in [3.63, 3.8) is 0 Å². The molecule has 1 atom stereocenters. The van der Waals surface area contributed by atoms with E-state index < -0.39 is 0 Å². The molecule has 0 amide bonds. The first kappa shape index (κ1) is 13.8. The zero-order chi connectivity index (χ0) is 13.7. The predicted octanol–water partition coefficient (Wildman–Crippen LogP) is 1.74. The van der Waals surface area contributed by atoms with Gasteiger partial charge < -0.3 is 10.1 Å². The van der Waals surface area contributed by atoms with Gasteiger partial charge in [-0.25, -0.2) is 0 Å². The Morgan fingerprint density at radius 1 is 1.47 bits per heavy atom. The quantitative estimate of drug-likeness (QED) is 0.509. The lowest BCUT2D eigenvalue weighted by atomic mass is 10.0. The molecule has 0 saturated carbocycles.